The minimum Gasteiger partial charge on any atom is -0.484 e. The fraction of sp³-hybridized carbons (Fsp3) is 0.588. The number of carbonyl (C=O) groups is 1. The third-order valence-corrected chi connectivity index (χ3v) is 4.11. The zero-order valence-corrected chi connectivity index (χ0v) is 13.0. The summed E-state index contributed by atoms with van der Waals surface area (Å²) in [6.45, 7) is 3.10. The Hall–Kier alpha value is -1.55. The third kappa shape index (κ3) is 5.05. The second kappa shape index (κ2) is 8.03. The molecule has 4 nitrogen and oxygen atoms in total. The van der Waals surface area contributed by atoms with Crippen molar-refractivity contribution in [1.29, 1.82) is 0 Å². The monoisotopic (exact) mass is 290 g/mol. The van der Waals surface area contributed by atoms with Crippen molar-refractivity contribution < 1.29 is 9.53 Å². The molecule has 1 aromatic rings. The fourth-order valence-electron chi connectivity index (χ4n) is 2.88. The molecule has 116 valence electrons. The van der Waals surface area contributed by atoms with Crippen LogP contribution in [0.5, 0.6) is 5.75 Å². The van der Waals surface area contributed by atoms with Crippen LogP contribution in [0, 0.1) is 5.92 Å². The fourth-order valence-corrected chi connectivity index (χ4v) is 2.88. The molecule has 2 N–H and O–H groups in total. The van der Waals surface area contributed by atoms with Gasteiger partial charge in [0.05, 0.1) is 0 Å². The number of nitrogens with one attached hydrogen (secondary N) is 2. The number of rotatable bonds is 6. The average Bonchev–Trinajstić information content (AvgIpc) is 2.48. The maximum absolute atomic E-state index is 12.0. The maximum atomic E-state index is 12.0. The van der Waals surface area contributed by atoms with E-state index in [1.165, 1.54) is 19.3 Å². The normalized spacial score (nSPS) is 21.8. The van der Waals surface area contributed by atoms with E-state index in [4.69, 9.17) is 4.74 Å². The molecule has 2 unspecified atom stereocenters. The molecule has 0 spiro atoms. The molecular weight excluding hydrogens is 264 g/mol. The van der Waals surface area contributed by atoms with Gasteiger partial charge in [0.2, 0.25) is 0 Å². The van der Waals surface area contributed by atoms with Crippen molar-refractivity contribution in [3.63, 3.8) is 0 Å². The van der Waals surface area contributed by atoms with Crippen molar-refractivity contribution in [2.45, 2.75) is 45.2 Å². The highest BCUT2D eigenvalue weighted by Crippen LogP contribution is 2.23. The Morgan fingerprint density at radius 1 is 1.33 bits per heavy atom. The summed E-state index contributed by atoms with van der Waals surface area (Å²) in [6.07, 6.45) is 4.78. The summed E-state index contributed by atoms with van der Waals surface area (Å²) >= 11 is 0. The van der Waals surface area contributed by atoms with E-state index >= 15 is 0 Å². The quantitative estimate of drug-likeness (QED) is 0.846. The van der Waals surface area contributed by atoms with E-state index in [1.807, 2.05) is 31.3 Å². The predicted molar refractivity (Wildman–Crippen MR) is 84.3 cm³/mol. The van der Waals surface area contributed by atoms with E-state index < -0.39 is 0 Å². The smallest absolute Gasteiger partial charge is 0.258 e. The second-order valence-electron chi connectivity index (χ2n) is 5.90. The van der Waals surface area contributed by atoms with Gasteiger partial charge in [0.15, 0.2) is 6.61 Å². The number of benzene rings is 1. The van der Waals surface area contributed by atoms with Gasteiger partial charge in [0.1, 0.15) is 5.75 Å². The molecule has 1 amide bonds. The van der Waals surface area contributed by atoms with Gasteiger partial charge in [0, 0.05) is 12.6 Å². The second-order valence-corrected chi connectivity index (χ2v) is 5.90. The van der Waals surface area contributed by atoms with Gasteiger partial charge in [-0.25, -0.2) is 0 Å². The molecule has 0 saturated heterocycles. The highest BCUT2D eigenvalue weighted by molar-refractivity contribution is 5.77. The molecule has 1 fully saturated rings. The lowest BCUT2D eigenvalue weighted by atomic mass is 9.86. The van der Waals surface area contributed by atoms with Gasteiger partial charge in [-0.3, -0.25) is 4.79 Å². The van der Waals surface area contributed by atoms with E-state index in [0.29, 0.717) is 12.0 Å². The van der Waals surface area contributed by atoms with Crippen molar-refractivity contribution in [3.05, 3.63) is 29.8 Å². The Bertz CT molecular complexity index is 462. The lowest BCUT2D eigenvalue weighted by Crippen LogP contribution is -2.43. The summed E-state index contributed by atoms with van der Waals surface area (Å²) in [4.78, 5) is 12.0. The molecule has 21 heavy (non-hydrogen) atoms. The Morgan fingerprint density at radius 3 is 2.90 bits per heavy atom. The molecular formula is C17H26N2O2. The molecule has 1 saturated carbocycles. The van der Waals surface area contributed by atoms with Gasteiger partial charge in [-0.05, 0) is 43.5 Å². The Morgan fingerprint density at radius 2 is 2.14 bits per heavy atom. The van der Waals surface area contributed by atoms with Crippen molar-refractivity contribution in [2.24, 2.45) is 5.92 Å². The number of amides is 1. The molecule has 2 atom stereocenters. The molecule has 4 heteroatoms. The lowest BCUT2D eigenvalue weighted by Gasteiger charge is -2.29. The summed E-state index contributed by atoms with van der Waals surface area (Å²) < 4.78 is 5.59. The van der Waals surface area contributed by atoms with Gasteiger partial charge >= 0.3 is 0 Å². The SMILES string of the molecule is CNCc1cccc(OCC(=O)NC2CCCCC2C)c1. The van der Waals surface area contributed by atoms with Crippen LogP contribution in [0.4, 0.5) is 0 Å². The third-order valence-electron chi connectivity index (χ3n) is 4.11. The molecule has 1 aliphatic carbocycles. The van der Waals surface area contributed by atoms with Gasteiger partial charge < -0.3 is 15.4 Å². The summed E-state index contributed by atoms with van der Waals surface area (Å²) in [6, 6.07) is 8.14. The summed E-state index contributed by atoms with van der Waals surface area (Å²) in [5, 5.41) is 6.20. The highest BCUT2D eigenvalue weighted by atomic mass is 16.5. The first-order valence-corrected chi connectivity index (χ1v) is 7.84. The van der Waals surface area contributed by atoms with Crippen LogP contribution in [0.15, 0.2) is 24.3 Å². The van der Waals surface area contributed by atoms with Gasteiger partial charge in [-0.2, -0.15) is 0 Å². The van der Waals surface area contributed by atoms with Crippen LogP contribution in [-0.2, 0) is 11.3 Å². The minimum atomic E-state index is -0.0206. The van der Waals surface area contributed by atoms with Crippen molar-refractivity contribution >= 4 is 5.91 Å². The van der Waals surface area contributed by atoms with E-state index in [2.05, 4.69) is 17.6 Å². The van der Waals surface area contributed by atoms with Crippen molar-refractivity contribution in [2.75, 3.05) is 13.7 Å². The predicted octanol–water partition coefficient (Wildman–Crippen LogP) is 2.48. The Balaban J connectivity index is 1.79. The molecule has 0 bridgehead atoms. The topological polar surface area (TPSA) is 50.4 Å². The number of ether oxygens (including phenoxy) is 1. The van der Waals surface area contributed by atoms with Crippen LogP contribution < -0.4 is 15.4 Å². The van der Waals surface area contributed by atoms with Gasteiger partial charge in [-0.15, -0.1) is 0 Å². The number of hydrogen-bond donors (Lipinski definition) is 2. The summed E-state index contributed by atoms with van der Waals surface area (Å²) in [5.74, 6) is 1.30. The number of hydrogen-bond acceptors (Lipinski definition) is 3. The van der Waals surface area contributed by atoms with Crippen LogP contribution in [0.3, 0.4) is 0 Å². The van der Waals surface area contributed by atoms with Crippen LogP contribution >= 0.6 is 0 Å². The summed E-state index contributed by atoms with van der Waals surface area (Å²) in [7, 11) is 1.91. The molecule has 0 aromatic heterocycles. The first-order chi connectivity index (χ1) is 10.2. The minimum absolute atomic E-state index is 0.0206. The number of carbonyl (C=O) groups excluding carboxylic acids is 1. The largest absolute Gasteiger partial charge is 0.484 e. The standard InChI is InChI=1S/C17H26N2O2/c1-13-6-3-4-9-16(13)19-17(20)12-21-15-8-5-7-14(10-15)11-18-2/h5,7-8,10,13,16,18H,3-4,6,9,11-12H2,1-2H3,(H,19,20). The lowest BCUT2D eigenvalue weighted by molar-refractivity contribution is -0.124. The Labute approximate surface area is 127 Å². The molecule has 1 aromatic carbocycles. The first-order valence-electron chi connectivity index (χ1n) is 7.84. The van der Waals surface area contributed by atoms with Gasteiger partial charge in [-0.1, -0.05) is 31.9 Å². The van der Waals surface area contributed by atoms with Gasteiger partial charge in [0.25, 0.3) is 5.91 Å². The van der Waals surface area contributed by atoms with Crippen molar-refractivity contribution in [1.82, 2.24) is 10.6 Å². The van der Waals surface area contributed by atoms with Crippen molar-refractivity contribution in [3.8, 4) is 5.75 Å². The van der Waals surface area contributed by atoms with E-state index in [9.17, 15) is 4.79 Å². The van der Waals surface area contributed by atoms with Crippen LogP contribution in [0.25, 0.3) is 0 Å². The maximum Gasteiger partial charge on any atom is 0.258 e. The average molecular weight is 290 g/mol. The first kappa shape index (κ1) is 15.8. The molecule has 0 heterocycles. The highest BCUT2D eigenvalue weighted by Gasteiger charge is 2.22. The molecule has 0 radical (unpaired) electrons. The van der Waals surface area contributed by atoms with Crippen LogP contribution in [0.1, 0.15) is 38.2 Å². The van der Waals surface area contributed by atoms with Crippen LogP contribution in [0.2, 0.25) is 0 Å². The Kier molecular flexibility index (Phi) is 6.05. The molecule has 0 aliphatic heterocycles. The van der Waals surface area contributed by atoms with E-state index in [0.717, 1.165) is 24.3 Å². The van der Waals surface area contributed by atoms with E-state index in [-0.39, 0.29) is 12.5 Å². The van der Waals surface area contributed by atoms with E-state index in [1.54, 1.807) is 0 Å². The summed E-state index contributed by atoms with van der Waals surface area (Å²) in [5.41, 5.74) is 1.15. The zero-order valence-electron chi connectivity index (χ0n) is 13.0. The zero-order chi connectivity index (χ0) is 15.1. The molecule has 2 rings (SSSR count). The molecule has 1 aliphatic rings. The van der Waals surface area contributed by atoms with Crippen LogP contribution in [-0.4, -0.2) is 25.6 Å².